The first-order valence-electron chi connectivity index (χ1n) is 14.5. The molecule has 2 fully saturated rings. The lowest BCUT2D eigenvalue weighted by Crippen LogP contribution is -2.52. The molecule has 2 heterocycles. The van der Waals surface area contributed by atoms with Crippen molar-refractivity contribution in [3.63, 3.8) is 0 Å². The number of likely N-dealkylation sites (tertiary alicyclic amines) is 2. The Morgan fingerprint density at radius 2 is 1.41 bits per heavy atom. The first-order valence-corrected chi connectivity index (χ1v) is 14.5. The van der Waals surface area contributed by atoms with Crippen LogP contribution in [-0.4, -0.2) is 53.8 Å². The highest BCUT2D eigenvalue weighted by atomic mass is 16.2. The number of ketones is 1. The van der Waals surface area contributed by atoms with Crippen LogP contribution in [0.4, 0.5) is 5.69 Å². The maximum Gasteiger partial charge on any atom is 0.227 e. The van der Waals surface area contributed by atoms with Crippen LogP contribution in [0.2, 0.25) is 0 Å². The van der Waals surface area contributed by atoms with E-state index in [-0.39, 0.29) is 23.8 Å². The lowest BCUT2D eigenvalue weighted by Gasteiger charge is -2.43. The molecule has 0 spiro atoms. The summed E-state index contributed by atoms with van der Waals surface area (Å²) in [5.74, 6) is 0.710. The second-order valence-corrected chi connectivity index (χ2v) is 11.3. The summed E-state index contributed by atoms with van der Waals surface area (Å²) in [6.07, 6.45) is 4.31. The zero-order valence-electron chi connectivity index (χ0n) is 23.3. The first kappa shape index (κ1) is 27.3. The molecule has 2 aliphatic heterocycles. The summed E-state index contributed by atoms with van der Waals surface area (Å²) in [5, 5.41) is 3.08. The number of hydrogen-bond acceptors (Lipinski definition) is 4. The lowest BCUT2D eigenvalue weighted by atomic mass is 9.73. The zero-order chi connectivity index (χ0) is 27.2. The number of para-hydroxylation sites is 1. The minimum atomic E-state index is -0.642. The van der Waals surface area contributed by atoms with Crippen LogP contribution < -0.4 is 5.32 Å². The van der Waals surface area contributed by atoms with Crippen molar-refractivity contribution in [2.24, 2.45) is 11.8 Å². The van der Waals surface area contributed by atoms with Crippen molar-refractivity contribution in [3.05, 3.63) is 102 Å². The predicted octanol–water partition coefficient (Wildman–Crippen LogP) is 5.97. The third kappa shape index (κ3) is 5.70. The number of amides is 1. The average Bonchev–Trinajstić information content (AvgIpc) is 3.34. The largest absolute Gasteiger partial charge is 0.326 e. The normalized spacial score (nSPS) is 20.0. The van der Waals surface area contributed by atoms with Crippen LogP contribution in [-0.2, 0) is 15.0 Å². The molecule has 1 N–H and O–H groups in total. The minimum Gasteiger partial charge on any atom is -0.326 e. The molecule has 0 aliphatic carbocycles. The summed E-state index contributed by atoms with van der Waals surface area (Å²) in [5.41, 5.74) is 2.37. The molecule has 1 amide bonds. The zero-order valence-corrected chi connectivity index (χ0v) is 23.3. The van der Waals surface area contributed by atoms with E-state index in [1.807, 2.05) is 66.7 Å². The van der Waals surface area contributed by atoms with Crippen LogP contribution in [0.1, 0.15) is 50.7 Å². The van der Waals surface area contributed by atoms with E-state index >= 15 is 0 Å². The SMILES string of the molecule is CCCC(N1CCC(C(C)C(=O)Nc2ccccc2)CC1)N1CC(=O)C(c2ccccc2)(c2ccccc2)C1. The molecule has 0 radical (unpaired) electrons. The van der Waals surface area contributed by atoms with Gasteiger partial charge in [-0.15, -0.1) is 0 Å². The fourth-order valence-corrected chi connectivity index (χ4v) is 6.66. The summed E-state index contributed by atoms with van der Waals surface area (Å²) < 4.78 is 0. The van der Waals surface area contributed by atoms with Gasteiger partial charge >= 0.3 is 0 Å². The molecule has 2 saturated heterocycles. The van der Waals surface area contributed by atoms with Gasteiger partial charge in [-0.3, -0.25) is 19.4 Å². The van der Waals surface area contributed by atoms with Crippen molar-refractivity contribution in [1.29, 1.82) is 0 Å². The first-order chi connectivity index (χ1) is 19.0. The monoisotopic (exact) mass is 523 g/mol. The van der Waals surface area contributed by atoms with Crippen molar-refractivity contribution in [2.45, 2.75) is 51.1 Å². The maximum absolute atomic E-state index is 14.0. The predicted molar refractivity (Wildman–Crippen MR) is 157 cm³/mol. The van der Waals surface area contributed by atoms with Gasteiger partial charge in [-0.1, -0.05) is 99.1 Å². The molecule has 0 saturated carbocycles. The molecule has 2 aliphatic rings. The fraction of sp³-hybridized carbons (Fsp3) is 0.412. The Bertz CT molecular complexity index is 1180. The molecule has 3 aromatic carbocycles. The van der Waals surface area contributed by atoms with Gasteiger partial charge in [0.05, 0.1) is 18.1 Å². The van der Waals surface area contributed by atoms with Crippen molar-refractivity contribution < 1.29 is 9.59 Å². The highest BCUT2D eigenvalue weighted by Crippen LogP contribution is 2.40. The van der Waals surface area contributed by atoms with Crippen LogP contribution in [0.5, 0.6) is 0 Å². The molecule has 3 aromatic rings. The Hall–Kier alpha value is -3.28. The number of hydrogen-bond donors (Lipinski definition) is 1. The van der Waals surface area contributed by atoms with Gasteiger partial charge in [-0.2, -0.15) is 0 Å². The lowest BCUT2D eigenvalue weighted by molar-refractivity contribution is -0.122. The molecular formula is C34H41N3O2. The second kappa shape index (κ2) is 12.3. The molecule has 5 nitrogen and oxygen atoms in total. The Labute approximate surface area is 233 Å². The summed E-state index contributed by atoms with van der Waals surface area (Å²) in [7, 11) is 0. The molecule has 0 bridgehead atoms. The van der Waals surface area contributed by atoms with E-state index in [4.69, 9.17) is 0 Å². The highest BCUT2D eigenvalue weighted by molar-refractivity contribution is 5.97. The molecule has 39 heavy (non-hydrogen) atoms. The van der Waals surface area contributed by atoms with E-state index in [0.29, 0.717) is 19.0 Å². The van der Waals surface area contributed by atoms with Crippen molar-refractivity contribution in [2.75, 3.05) is 31.5 Å². The van der Waals surface area contributed by atoms with Gasteiger partial charge in [0.15, 0.2) is 5.78 Å². The van der Waals surface area contributed by atoms with E-state index in [1.165, 1.54) is 0 Å². The number of piperidine rings is 1. The van der Waals surface area contributed by atoms with Gasteiger partial charge in [0.1, 0.15) is 0 Å². The number of rotatable bonds is 9. The van der Waals surface area contributed by atoms with Gasteiger partial charge in [0.2, 0.25) is 5.91 Å². The van der Waals surface area contributed by atoms with Gasteiger partial charge in [-0.05, 0) is 61.5 Å². The number of carbonyl (C=O) groups excluding carboxylic acids is 2. The number of carbonyl (C=O) groups is 2. The maximum atomic E-state index is 14.0. The molecule has 2 atom stereocenters. The van der Waals surface area contributed by atoms with E-state index in [1.54, 1.807) is 0 Å². The van der Waals surface area contributed by atoms with Gasteiger partial charge in [0, 0.05) is 18.2 Å². The highest BCUT2D eigenvalue weighted by Gasteiger charge is 2.50. The number of benzene rings is 3. The smallest absolute Gasteiger partial charge is 0.227 e. The minimum absolute atomic E-state index is 0.0332. The third-order valence-corrected chi connectivity index (χ3v) is 8.92. The average molecular weight is 524 g/mol. The van der Waals surface area contributed by atoms with Crippen LogP contribution in [0.15, 0.2) is 91.0 Å². The van der Waals surface area contributed by atoms with Crippen LogP contribution in [0.25, 0.3) is 0 Å². The Kier molecular flexibility index (Phi) is 8.59. The number of nitrogens with one attached hydrogen (secondary N) is 1. The van der Waals surface area contributed by atoms with Crippen molar-refractivity contribution >= 4 is 17.4 Å². The molecular weight excluding hydrogens is 482 g/mol. The fourth-order valence-electron chi connectivity index (χ4n) is 6.66. The molecule has 5 heteroatoms. The molecule has 204 valence electrons. The van der Waals surface area contributed by atoms with Crippen molar-refractivity contribution in [1.82, 2.24) is 9.80 Å². The quantitative estimate of drug-likeness (QED) is 0.375. The topological polar surface area (TPSA) is 52.7 Å². The number of anilines is 1. The van der Waals surface area contributed by atoms with E-state index in [9.17, 15) is 9.59 Å². The van der Waals surface area contributed by atoms with Crippen LogP contribution >= 0.6 is 0 Å². The summed E-state index contributed by atoms with van der Waals surface area (Å²) in [4.78, 5) is 31.9. The summed E-state index contributed by atoms with van der Waals surface area (Å²) >= 11 is 0. The molecule has 5 rings (SSSR count). The van der Waals surface area contributed by atoms with Gasteiger partial charge in [-0.25, -0.2) is 0 Å². The van der Waals surface area contributed by atoms with Crippen molar-refractivity contribution in [3.8, 4) is 0 Å². The number of Topliss-reactive ketones (excluding diaryl/α,β-unsaturated/α-hetero) is 1. The van der Waals surface area contributed by atoms with E-state index in [2.05, 4.69) is 53.2 Å². The standard InChI is InChI=1S/C34H41N3O2/c1-3-13-32(36-22-20-27(21-23-36)26(2)33(39)35-30-18-11-6-12-19-30)37-24-31(38)34(25-37,28-14-7-4-8-15-28)29-16-9-5-10-17-29/h4-12,14-19,26-27,32H,3,13,20-25H2,1-2H3,(H,35,39). The van der Waals surface area contributed by atoms with Crippen LogP contribution in [0.3, 0.4) is 0 Å². The number of nitrogens with zero attached hydrogens (tertiary/aromatic N) is 2. The Morgan fingerprint density at radius 1 is 0.872 bits per heavy atom. The third-order valence-electron chi connectivity index (χ3n) is 8.92. The van der Waals surface area contributed by atoms with Crippen LogP contribution in [0, 0.1) is 11.8 Å². The van der Waals surface area contributed by atoms with Gasteiger partial charge < -0.3 is 5.32 Å². The Balaban J connectivity index is 1.30. The van der Waals surface area contributed by atoms with E-state index < -0.39 is 5.41 Å². The molecule has 2 unspecified atom stereocenters. The summed E-state index contributed by atoms with van der Waals surface area (Å²) in [6, 6.07) is 30.3. The second-order valence-electron chi connectivity index (χ2n) is 11.3. The Morgan fingerprint density at radius 3 is 1.95 bits per heavy atom. The summed E-state index contributed by atoms with van der Waals surface area (Å²) in [6.45, 7) is 7.36. The van der Waals surface area contributed by atoms with Gasteiger partial charge in [0.25, 0.3) is 0 Å². The molecule has 0 aromatic heterocycles. The van der Waals surface area contributed by atoms with E-state index in [0.717, 1.165) is 55.6 Å².